The molecule has 3 atom stereocenters. The molecule has 1 N–H and O–H groups in total. The number of fused-ring (bicyclic) bond motifs is 2. The lowest BCUT2D eigenvalue weighted by molar-refractivity contribution is 0.0378. The molecule has 4 heteroatoms. The van der Waals surface area contributed by atoms with Crippen LogP contribution < -0.4 is 5.32 Å². The molecule has 2 saturated heterocycles. The number of piperidine rings is 1. The number of nitrogens with one attached hydrogen (secondary N) is 1. The first-order valence-corrected chi connectivity index (χ1v) is 7.92. The molecule has 2 fully saturated rings. The Hall–Kier alpha value is -1.55. The Kier molecular flexibility index (Phi) is 4.15. The first-order valence-electron chi connectivity index (χ1n) is 7.92. The zero-order chi connectivity index (χ0) is 14.8. The summed E-state index contributed by atoms with van der Waals surface area (Å²) in [6.45, 7) is 7.41. The molecule has 2 aliphatic rings. The summed E-state index contributed by atoms with van der Waals surface area (Å²) in [5, 5.41) is 3.64. The minimum atomic E-state index is -0.249. The maximum absolute atomic E-state index is 11.8. The minimum Gasteiger partial charge on any atom is -0.459 e. The Labute approximate surface area is 126 Å². The van der Waals surface area contributed by atoms with Crippen LogP contribution in [0.2, 0.25) is 0 Å². The van der Waals surface area contributed by atoms with Gasteiger partial charge >= 0.3 is 5.97 Å². The van der Waals surface area contributed by atoms with E-state index in [-0.39, 0.29) is 12.1 Å². The van der Waals surface area contributed by atoms with Gasteiger partial charge in [0.15, 0.2) is 0 Å². The second-order valence-corrected chi connectivity index (χ2v) is 6.42. The van der Waals surface area contributed by atoms with Gasteiger partial charge in [0.2, 0.25) is 0 Å². The second kappa shape index (κ2) is 6.06. The van der Waals surface area contributed by atoms with Gasteiger partial charge in [0.05, 0.1) is 11.7 Å². The van der Waals surface area contributed by atoms with Crippen molar-refractivity contribution in [2.75, 3.05) is 25.0 Å². The second-order valence-electron chi connectivity index (χ2n) is 6.42. The van der Waals surface area contributed by atoms with Crippen LogP contribution >= 0.6 is 0 Å². The van der Waals surface area contributed by atoms with Gasteiger partial charge in [-0.15, -0.1) is 0 Å². The molecule has 2 aliphatic heterocycles. The van der Waals surface area contributed by atoms with Crippen molar-refractivity contribution in [3.05, 3.63) is 29.8 Å². The smallest absolute Gasteiger partial charge is 0.338 e. The number of carbonyl (C=O) groups is 1. The van der Waals surface area contributed by atoms with Crippen molar-refractivity contribution >= 4 is 11.7 Å². The van der Waals surface area contributed by atoms with Crippen LogP contribution in [0.1, 0.15) is 37.0 Å². The third-order valence-corrected chi connectivity index (χ3v) is 4.45. The molecule has 0 spiro atoms. The van der Waals surface area contributed by atoms with Crippen molar-refractivity contribution in [1.29, 1.82) is 0 Å². The SMILES string of the molecule is CC(C)OC(=O)c1ccc(NC2CCN3CCC2C3)cc1. The molecule has 2 heterocycles. The fourth-order valence-electron chi connectivity index (χ4n) is 3.34. The summed E-state index contributed by atoms with van der Waals surface area (Å²) in [5.74, 6) is 0.519. The zero-order valence-corrected chi connectivity index (χ0v) is 12.8. The molecule has 114 valence electrons. The average Bonchev–Trinajstić information content (AvgIpc) is 2.85. The lowest BCUT2D eigenvalue weighted by Crippen LogP contribution is -2.39. The predicted octanol–water partition coefficient (Wildman–Crippen LogP) is 2.76. The van der Waals surface area contributed by atoms with Crippen LogP contribution in [-0.4, -0.2) is 42.6 Å². The van der Waals surface area contributed by atoms with Gasteiger partial charge in [-0.25, -0.2) is 4.79 Å². The maximum atomic E-state index is 11.8. The number of ether oxygens (including phenoxy) is 1. The number of carbonyl (C=O) groups excluding carboxylic acids is 1. The van der Waals surface area contributed by atoms with E-state index in [9.17, 15) is 4.79 Å². The van der Waals surface area contributed by atoms with E-state index < -0.39 is 0 Å². The molecule has 0 saturated carbocycles. The molecule has 0 aliphatic carbocycles. The summed E-state index contributed by atoms with van der Waals surface area (Å²) in [6, 6.07) is 8.22. The highest BCUT2D eigenvalue weighted by Crippen LogP contribution is 2.29. The van der Waals surface area contributed by atoms with Crippen molar-refractivity contribution in [2.45, 2.75) is 38.8 Å². The van der Waals surface area contributed by atoms with E-state index in [1.54, 1.807) is 0 Å². The van der Waals surface area contributed by atoms with Crippen molar-refractivity contribution in [3.63, 3.8) is 0 Å². The van der Waals surface area contributed by atoms with Crippen molar-refractivity contribution in [2.24, 2.45) is 5.92 Å². The number of nitrogens with zero attached hydrogens (tertiary/aromatic N) is 1. The van der Waals surface area contributed by atoms with Crippen molar-refractivity contribution < 1.29 is 9.53 Å². The Morgan fingerprint density at radius 3 is 2.67 bits per heavy atom. The molecule has 3 rings (SSSR count). The van der Waals surface area contributed by atoms with E-state index in [0.29, 0.717) is 11.6 Å². The fourth-order valence-corrected chi connectivity index (χ4v) is 3.34. The third-order valence-electron chi connectivity index (χ3n) is 4.45. The zero-order valence-electron chi connectivity index (χ0n) is 12.8. The minimum absolute atomic E-state index is 0.0807. The number of anilines is 1. The van der Waals surface area contributed by atoms with E-state index in [0.717, 1.165) is 11.6 Å². The highest BCUT2D eigenvalue weighted by molar-refractivity contribution is 5.89. The average molecular weight is 288 g/mol. The topological polar surface area (TPSA) is 41.6 Å². The standard InChI is InChI=1S/C17H24N2O2/c1-12(2)21-17(20)13-3-5-15(6-4-13)18-16-8-10-19-9-7-14(16)11-19/h3-6,12,14,16,18H,7-11H2,1-2H3. The van der Waals surface area contributed by atoms with Gasteiger partial charge in [-0.1, -0.05) is 0 Å². The molecule has 1 aromatic carbocycles. The molecular formula is C17H24N2O2. The van der Waals surface area contributed by atoms with Gasteiger partial charge < -0.3 is 15.0 Å². The molecule has 3 unspecified atom stereocenters. The van der Waals surface area contributed by atoms with Crippen LogP contribution in [0.25, 0.3) is 0 Å². The molecule has 0 radical (unpaired) electrons. The van der Waals surface area contributed by atoms with E-state index >= 15 is 0 Å². The Bertz CT molecular complexity index is 498. The van der Waals surface area contributed by atoms with Crippen LogP contribution in [0.15, 0.2) is 24.3 Å². The van der Waals surface area contributed by atoms with E-state index in [1.807, 2.05) is 38.1 Å². The predicted molar refractivity (Wildman–Crippen MR) is 83.6 cm³/mol. The van der Waals surface area contributed by atoms with Crippen molar-refractivity contribution in [3.8, 4) is 0 Å². The highest BCUT2D eigenvalue weighted by Gasteiger charge is 2.33. The van der Waals surface area contributed by atoms with Gasteiger partial charge in [0, 0.05) is 24.8 Å². The summed E-state index contributed by atoms with van der Waals surface area (Å²) < 4.78 is 5.20. The molecule has 4 nitrogen and oxygen atoms in total. The van der Waals surface area contributed by atoms with Gasteiger partial charge in [0.25, 0.3) is 0 Å². The van der Waals surface area contributed by atoms with Gasteiger partial charge in [-0.2, -0.15) is 0 Å². The summed E-state index contributed by atoms with van der Waals surface area (Å²) >= 11 is 0. The summed E-state index contributed by atoms with van der Waals surface area (Å²) in [4.78, 5) is 14.4. The lowest BCUT2D eigenvalue weighted by Gasteiger charge is -2.31. The molecular weight excluding hydrogens is 264 g/mol. The summed E-state index contributed by atoms with van der Waals surface area (Å²) in [6.07, 6.45) is 2.43. The molecule has 2 bridgehead atoms. The first-order chi connectivity index (χ1) is 10.1. The van der Waals surface area contributed by atoms with Crippen LogP contribution in [0.5, 0.6) is 0 Å². The van der Waals surface area contributed by atoms with Crippen molar-refractivity contribution in [1.82, 2.24) is 4.90 Å². The number of esters is 1. The number of hydrogen-bond donors (Lipinski definition) is 1. The molecule has 1 aromatic rings. The van der Waals surface area contributed by atoms with E-state index in [1.165, 1.54) is 32.5 Å². The van der Waals surface area contributed by atoms with Gasteiger partial charge in [0.1, 0.15) is 0 Å². The first kappa shape index (κ1) is 14.4. The quantitative estimate of drug-likeness (QED) is 0.865. The summed E-state index contributed by atoms with van der Waals surface area (Å²) in [5.41, 5.74) is 1.71. The Morgan fingerprint density at radius 1 is 1.24 bits per heavy atom. The van der Waals surface area contributed by atoms with Crippen LogP contribution in [0, 0.1) is 5.92 Å². The van der Waals surface area contributed by atoms with Gasteiger partial charge in [-0.05, 0) is 63.4 Å². The molecule has 0 amide bonds. The fraction of sp³-hybridized carbons (Fsp3) is 0.588. The van der Waals surface area contributed by atoms with Gasteiger partial charge in [-0.3, -0.25) is 0 Å². The highest BCUT2D eigenvalue weighted by atomic mass is 16.5. The Balaban J connectivity index is 1.60. The maximum Gasteiger partial charge on any atom is 0.338 e. The van der Waals surface area contributed by atoms with Crippen LogP contribution in [0.3, 0.4) is 0 Å². The Morgan fingerprint density at radius 2 is 1.95 bits per heavy atom. The monoisotopic (exact) mass is 288 g/mol. The number of benzene rings is 1. The third kappa shape index (κ3) is 3.38. The lowest BCUT2D eigenvalue weighted by atomic mass is 9.94. The number of hydrogen-bond acceptors (Lipinski definition) is 4. The normalized spacial score (nSPS) is 27.7. The van der Waals surface area contributed by atoms with E-state index in [2.05, 4.69) is 10.2 Å². The molecule has 21 heavy (non-hydrogen) atoms. The summed E-state index contributed by atoms with van der Waals surface area (Å²) in [7, 11) is 0. The molecule has 0 aromatic heterocycles. The largest absolute Gasteiger partial charge is 0.459 e. The van der Waals surface area contributed by atoms with Crippen LogP contribution in [-0.2, 0) is 4.74 Å². The number of rotatable bonds is 4. The van der Waals surface area contributed by atoms with E-state index in [4.69, 9.17) is 4.74 Å². The van der Waals surface area contributed by atoms with Crippen LogP contribution in [0.4, 0.5) is 5.69 Å².